The summed E-state index contributed by atoms with van der Waals surface area (Å²) in [6.45, 7) is 5.02. The van der Waals surface area contributed by atoms with Crippen molar-refractivity contribution in [3.05, 3.63) is 28.6 Å². The molecule has 0 N–H and O–H groups in total. The number of hydrogen-bond donors (Lipinski definition) is 0. The van der Waals surface area contributed by atoms with Gasteiger partial charge in [-0.15, -0.1) is 0 Å². The Morgan fingerprint density at radius 3 is 2.82 bits per heavy atom. The number of hydrogen-bond acceptors (Lipinski definition) is 3. The minimum Gasteiger partial charge on any atom is -0.380 e. The highest BCUT2D eigenvalue weighted by Crippen LogP contribution is 2.22. The van der Waals surface area contributed by atoms with Crippen LogP contribution >= 0.6 is 11.3 Å². The van der Waals surface area contributed by atoms with E-state index in [-0.39, 0.29) is 11.4 Å². The molecule has 1 heterocycles. The van der Waals surface area contributed by atoms with Gasteiger partial charge in [-0.2, -0.15) is 4.99 Å². The first kappa shape index (κ1) is 16.8. The van der Waals surface area contributed by atoms with E-state index >= 15 is 0 Å². The third-order valence-electron chi connectivity index (χ3n) is 3.04. The van der Waals surface area contributed by atoms with Gasteiger partial charge in [-0.25, -0.2) is 8.78 Å². The fourth-order valence-corrected chi connectivity index (χ4v) is 3.21. The first-order valence-electron chi connectivity index (χ1n) is 7.20. The molecule has 0 aliphatic carbocycles. The highest BCUT2D eigenvalue weighted by molar-refractivity contribution is 7.16. The van der Waals surface area contributed by atoms with Crippen molar-refractivity contribution in [3.63, 3.8) is 0 Å². The number of ether oxygens (including phenoxy) is 1. The number of thiazole rings is 1. The molecule has 1 aromatic carbocycles. The lowest BCUT2D eigenvalue weighted by Crippen LogP contribution is -2.20. The highest BCUT2D eigenvalue weighted by atomic mass is 32.1. The van der Waals surface area contributed by atoms with E-state index in [0.29, 0.717) is 42.1 Å². The van der Waals surface area contributed by atoms with Crippen LogP contribution in [-0.2, 0) is 16.1 Å². The molecule has 0 aliphatic rings. The molecule has 0 saturated heterocycles. The summed E-state index contributed by atoms with van der Waals surface area (Å²) in [5.41, 5.74) is 0.258. The predicted octanol–water partition coefficient (Wildman–Crippen LogP) is 3.24. The summed E-state index contributed by atoms with van der Waals surface area (Å²) in [5, 5.41) is 0. The summed E-state index contributed by atoms with van der Waals surface area (Å²) in [6.07, 6.45) is 1.02. The molecule has 0 aliphatic heterocycles. The van der Waals surface area contributed by atoms with Crippen molar-refractivity contribution in [1.29, 1.82) is 0 Å². The van der Waals surface area contributed by atoms with E-state index in [1.165, 1.54) is 6.07 Å². The Balaban J connectivity index is 2.55. The number of halogens is 2. The van der Waals surface area contributed by atoms with Gasteiger partial charge in [0.1, 0.15) is 5.82 Å². The largest absolute Gasteiger partial charge is 0.380 e. The van der Waals surface area contributed by atoms with Gasteiger partial charge >= 0.3 is 0 Å². The number of benzene rings is 1. The second kappa shape index (κ2) is 7.60. The minimum atomic E-state index is -0.660. The number of carbonyl (C=O) groups excluding carboxylic acids is 1. The molecule has 2 rings (SSSR count). The number of nitrogens with zero attached hydrogens (tertiary/aromatic N) is 2. The van der Waals surface area contributed by atoms with Crippen molar-refractivity contribution in [1.82, 2.24) is 4.57 Å². The van der Waals surface area contributed by atoms with Gasteiger partial charge in [0, 0.05) is 25.6 Å². The maximum absolute atomic E-state index is 14.1. The van der Waals surface area contributed by atoms with Crippen LogP contribution in [0.1, 0.15) is 26.7 Å². The molecule has 0 radical (unpaired) electrons. The van der Waals surface area contributed by atoms with Crippen LogP contribution in [0.25, 0.3) is 10.2 Å². The van der Waals surface area contributed by atoms with E-state index in [0.717, 1.165) is 17.4 Å². The van der Waals surface area contributed by atoms with Crippen molar-refractivity contribution >= 4 is 27.5 Å². The SMILES string of the molecule is CCCC(=O)N=c1sc2cc(F)cc(F)c2n1CCOCC. The molecule has 120 valence electrons. The van der Waals surface area contributed by atoms with Gasteiger partial charge in [0.05, 0.1) is 16.8 Å². The Kier molecular flexibility index (Phi) is 5.79. The summed E-state index contributed by atoms with van der Waals surface area (Å²) in [6, 6.07) is 2.09. The van der Waals surface area contributed by atoms with Crippen molar-refractivity contribution in [2.24, 2.45) is 4.99 Å². The summed E-state index contributed by atoms with van der Waals surface area (Å²) in [4.78, 5) is 16.2. The molecule has 0 saturated carbocycles. The van der Waals surface area contributed by atoms with E-state index < -0.39 is 11.6 Å². The lowest BCUT2D eigenvalue weighted by atomic mass is 10.3. The zero-order valence-corrected chi connectivity index (χ0v) is 13.4. The highest BCUT2D eigenvalue weighted by Gasteiger charge is 2.13. The molecule has 4 nitrogen and oxygen atoms in total. The van der Waals surface area contributed by atoms with Crippen molar-refractivity contribution in [3.8, 4) is 0 Å². The van der Waals surface area contributed by atoms with Crippen LogP contribution in [0.15, 0.2) is 17.1 Å². The Morgan fingerprint density at radius 1 is 1.36 bits per heavy atom. The quantitative estimate of drug-likeness (QED) is 0.764. The van der Waals surface area contributed by atoms with E-state index in [4.69, 9.17) is 4.74 Å². The van der Waals surface area contributed by atoms with E-state index in [1.54, 1.807) is 4.57 Å². The molecule has 1 amide bonds. The third kappa shape index (κ3) is 3.78. The summed E-state index contributed by atoms with van der Waals surface area (Å²) in [5.74, 6) is -1.57. The van der Waals surface area contributed by atoms with Gasteiger partial charge in [0.25, 0.3) is 0 Å². The number of amides is 1. The molecule has 22 heavy (non-hydrogen) atoms. The first-order valence-corrected chi connectivity index (χ1v) is 8.02. The van der Waals surface area contributed by atoms with Gasteiger partial charge in [-0.3, -0.25) is 4.79 Å². The number of rotatable bonds is 6. The maximum Gasteiger partial charge on any atom is 0.248 e. The standard InChI is InChI=1S/C15H18F2N2O2S/c1-3-5-13(20)18-15-19(6-7-21-4-2)14-11(17)8-10(16)9-12(14)22-15/h8-9H,3-7H2,1-2H3. The zero-order chi connectivity index (χ0) is 16.1. The van der Waals surface area contributed by atoms with Crippen LogP contribution in [0.3, 0.4) is 0 Å². The van der Waals surface area contributed by atoms with Crippen molar-refractivity contribution in [2.45, 2.75) is 33.2 Å². The van der Waals surface area contributed by atoms with E-state index in [9.17, 15) is 13.6 Å². The smallest absolute Gasteiger partial charge is 0.248 e. The molecule has 7 heteroatoms. The van der Waals surface area contributed by atoms with Gasteiger partial charge in [-0.05, 0) is 19.4 Å². The average Bonchev–Trinajstić information content (AvgIpc) is 2.77. The number of aromatic nitrogens is 1. The fourth-order valence-electron chi connectivity index (χ4n) is 2.10. The van der Waals surface area contributed by atoms with E-state index in [2.05, 4.69) is 4.99 Å². The average molecular weight is 328 g/mol. The van der Waals surface area contributed by atoms with Crippen molar-refractivity contribution in [2.75, 3.05) is 13.2 Å². The summed E-state index contributed by atoms with van der Waals surface area (Å²) < 4.78 is 34.8. The second-order valence-corrected chi connectivity index (χ2v) is 5.73. The van der Waals surface area contributed by atoms with Crippen LogP contribution in [-0.4, -0.2) is 23.7 Å². The Hall–Kier alpha value is -1.60. The predicted molar refractivity (Wildman–Crippen MR) is 81.7 cm³/mol. The van der Waals surface area contributed by atoms with Crippen LogP contribution in [0.4, 0.5) is 8.78 Å². The Bertz CT molecular complexity index is 737. The van der Waals surface area contributed by atoms with Crippen molar-refractivity contribution < 1.29 is 18.3 Å². The molecule has 0 atom stereocenters. The van der Waals surface area contributed by atoms with Gasteiger partial charge in [0.15, 0.2) is 10.6 Å². The van der Waals surface area contributed by atoms with Crippen LogP contribution in [0, 0.1) is 11.6 Å². The van der Waals surface area contributed by atoms with E-state index in [1.807, 2.05) is 13.8 Å². The number of fused-ring (bicyclic) bond motifs is 1. The maximum atomic E-state index is 14.1. The lowest BCUT2D eigenvalue weighted by molar-refractivity contribution is -0.118. The first-order chi connectivity index (χ1) is 10.6. The second-order valence-electron chi connectivity index (χ2n) is 4.72. The molecular formula is C15H18F2N2O2S. The normalized spacial score (nSPS) is 12.3. The molecule has 0 fully saturated rings. The van der Waals surface area contributed by atoms with Crippen LogP contribution in [0.2, 0.25) is 0 Å². The third-order valence-corrected chi connectivity index (χ3v) is 4.07. The minimum absolute atomic E-state index is 0.258. The fraction of sp³-hybridized carbons (Fsp3) is 0.467. The molecule has 0 bridgehead atoms. The number of carbonyl (C=O) groups is 1. The van der Waals surface area contributed by atoms with Gasteiger partial charge in [-0.1, -0.05) is 18.3 Å². The van der Waals surface area contributed by atoms with Gasteiger partial charge in [0.2, 0.25) is 5.91 Å². The zero-order valence-electron chi connectivity index (χ0n) is 12.6. The monoisotopic (exact) mass is 328 g/mol. The molecule has 0 spiro atoms. The summed E-state index contributed by atoms with van der Waals surface area (Å²) >= 11 is 1.10. The Morgan fingerprint density at radius 2 is 2.14 bits per heavy atom. The summed E-state index contributed by atoms with van der Waals surface area (Å²) in [7, 11) is 0. The molecule has 2 aromatic rings. The Labute approximate surface area is 131 Å². The molecule has 0 unspecified atom stereocenters. The lowest BCUT2D eigenvalue weighted by Gasteiger charge is -2.06. The van der Waals surface area contributed by atoms with Gasteiger partial charge < -0.3 is 9.30 Å². The topological polar surface area (TPSA) is 43.6 Å². The molecule has 1 aromatic heterocycles. The van der Waals surface area contributed by atoms with Crippen LogP contribution < -0.4 is 4.80 Å². The molecular weight excluding hydrogens is 310 g/mol. The van der Waals surface area contributed by atoms with Crippen LogP contribution in [0.5, 0.6) is 0 Å².